The highest BCUT2D eigenvalue weighted by Gasteiger charge is 2.25. The first-order valence-electron chi connectivity index (χ1n) is 4.54. The van der Waals surface area contributed by atoms with Crippen molar-refractivity contribution >= 4 is 5.97 Å². The third-order valence-corrected chi connectivity index (χ3v) is 2.14. The number of hydrogen-bond acceptors (Lipinski definition) is 4. The van der Waals surface area contributed by atoms with Crippen LogP contribution in [0, 0.1) is 11.3 Å². The molecule has 0 aliphatic carbocycles. The molecule has 17 heavy (non-hydrogen) atoms. The van der Waals surface area contributed by atoms with Crippen molar-refractivity contribution < 1.29 is 23.0 Å². The van der Waals surface area contributed by atoms with Gasteiger partial charge in [-0.05, 0) is 6.07 Å². The fourth-order valence-corrected chi connectivity index (χ4v) is 1.39. The molecular weight excluding hydrogens is 232 g/mol. The maximum absolute atomic E-state index is 12.7. The molecule has 0 heterocycles. The Balaban J connectivity index is 3.57. The number of carbonyl (C=O) groups is 1. The SMILES string of the molecule is COC(=O)c1c(C(F)F)ccc(C#N)c1OC. The number of halogens is 2. The van der Waals surface area contributed by atoms with E-state index in [4.69, 9.17) is 10.00 Å². The Hall–Kier alpha value is -2.16. The maximum atomic E-state index is 12.7. The van der Waals surface area contributed by atoms with E-state index in [0.29, 0.717) is 0 Å². The lowest BCUT2D eigenvalue weighted by atomic mass is 10.0. The van der Waals surface area contributed by atoms with Gasteiger partial charge in [0, 0.05) is 5.56 Å². The fraction of sp³-hybridized carbons (Fsp3) is 0.273. The third-order valence-electron chi connectivity index (χ3n) is 2.14. The zero-order valence-electron chi connectivity index (χ0n) is 9.16. The van der Waals surface area contributed by atoms with E-state index in [0.717, 1.165) is 13.2 Å². The van der Waals surface area contributed by atoms with Gasteiger partial charge in [0.15, 0.2) is 5.75 Å². The Morgan fingerprint density at radius 3 is 2.47 bits per heavy atom. The molecule has 0 unspecified atom stereocenters. The van der Waals surface area contributed by atoms with E-state index in [1.54, 1.807) is 6.07 Å². The first kappa shape index (κ1) is 12.9. The van der Waals surface area contributed by atoms with Crippen LogP contribution in [0.5, 0.6) is 5.75 Å². The second kappa shape index (κ2) is 5.25. The van der Waals surface area contributed by atoms with Gasteiger partial charge in [-0.3, -0.25) is 0 Å². The molecule has 1 aromatic carbocycles. The summed E-state index contributed by atoms with van der Waals surface area (Å²) in [5.41, 5.74) is -0.936. The molecule has 0 N–H and O–H groups in total. The standard InChI is InChI=1S/C11H9F2NO3/c1-16-9-6(5-14)3-4-7(10(12)13)8(9)11(15)17-2/h3-4,10H,1-2H3. The number of rotatable bonds is 3. The molecule has 0 saturated heterocycles. The molecule has 4 nitrogen and oxygen atoms in total. The molecule has 0 atom stereocenters. The van der Waals surface area contributed by atoms with Crippen molar-refractivity contribution in [2.24, 2.45) is 0 Å². The van der Waals surface area contributed by atoms with Crippen LogP contribution < -0.4 is 4.74 Å². The largest absolute Gasteiger partial charge is 0.494 e. The lowest BCUT2D eigenvalue weighted by Gasteiger charge is -2.12. The molecule has 0 fully saturated rings. The molecule has 1 rings (SSSR count). The number of methoxy groups -OCH3 is 2. The lowest BCUT2D eigenvalue weighted by Crippen LogP contribution is -2.10. The van der Waals surface area contributed by atoms with Crippen molar-refractivity contribution in [3.63, 3.8) is 0 Å². The van der Waals surface area contributed by atoms with Crippen LogP contribution in [-0.2, 0) is 4.74 Å². The van der Waals surface area contributed by atoms with Gasteiger partial charge in [-0.15, -0.1) is 0 Å². The molecule has 1 aromatic rings. The number of nitriles is 1. The van der Waals surface area contributed by atoms with Crippen molar-refractivity contribution in [3.8, 4) is 11.8 Å². The van der Waals surface area contributed by atoms with E-state index in [1.165, 1.54) is 13.2 Å². The first-order valence-corrected chi connectivity index (χ1v) is 4.54. The van der Waals surface area contributed by atoms with Gasteiger partial charge in [0.1, 0.15) is 11.6 Å². The van der Waals surface area contributed by atoms with Crippen LogP contribution in [0.25, 0.3) is 0 Å². The predicted molar refractivity (Wildman–Crippen MR) is 54.0 cm³/mol. The molecule has 90 valence electrons. The number of esters is 1. The zero-order valence-corrected chi connectivity index (χ0v) is 9.16. The minimum absolute atomic E-state index is 0.00250. The van der Waals surface area contributed by atoms with Gasteiger partial charge in [-0.1, -0.05) is 6.07 Å². The Labute approximate surface area is 96.4 Å². The van der Waals surface area contributed by atoms with E-state index in [-0.39, 0.29) is 11.3 Å². The summed E-state index contributed by atoms with van der Waals surface area (Å²) in [6.45, 7) is 0. The average Bonchev–Trinajstić information content (AvgIpc) is 2.35. The maximum Gasteiger partial charge on any atom is 0.342 e. The molecule has 0 aliphatic rings. The Morgan fingerprint density at radius 2 is 2.06 bits per heavy atom. The molecule has 0 bridgehead atoms. The monoisotopic (exact) mass is 241 g/mol. The van der Waals surface area contributed by atoms with Gasteiger partial charge >= 0.3 is 5.97 Å². The molecule has 0 spiro atoms. The molecule has 0 aliphatic heterocycles. The van der Waals surface area contributed by atoms with Crippen LogP contribution in [0.1, 0.15) is 27.9 Å². The third kappa shape index (κ3) is 2.33. The summed E-state index contributed by atoms with van der Waals surface area (Å²) in [5, 5.41) is 8.79. The summed E-state index contributed by atoms with van der Waals surface area (Å²) in [6.07, 6.45) is -2.86. The summed E-state index contributed by atoms with van der Waals surface area (Å²) in [4.78, 5) is 11.4. The topological polar surface area (TPSA) is 59.3 Å². The molecular formula is C11H9F2NO3. The van der Waals surface area contributed by atoms with Crippen molar-refractivity contribution in [2.75, 3.05) is 14.2 Å². The molecule has 0 aromatic heterocycles. The number of benzene rings is 1. The number of nitrogens with zero attached hydrogens (tertiary/aromatic N) is 1. The average molecular weight is 241 g/mol. The zero-order chi connectivity index (χ0) is 13.0. The number of alkyl halides is 2. The minimum atomic E-state index is -2.86. The van der Waals surface area contributed by atoms with Gasteiger partial charge in [0.05, 0.1) is 19.8 Å². The van der Waals surface area contributed by atoms with E-state index >= 15 is 0 Å². The normalized spacial score (nSPS) is 9.88. The minimum Gasteiger partial charge on any atom is -0.494 e. The first-order chi connectivity index (χ1) is 8.06. The Morgan fingerprint density at radius 1 is 1.41 bits per heavy atom. The smallest absolute Gasteiger partial charge is 0.342 e. The summed E-state index contributed by atoms with van der Waals surface area (Å²) in [5.74, 6) is -1.16. The fourth-order valence-electron chi connectivity index (χ4n) is 1.39. The Kier molecular flexibility index (Phi) is 3.99. The van der Waals surface area contributed by atoms with E-state index in [9.17, 15) is 13.6 Å². The van der Waals surface area contributed by atoms with Crippen LogP contribution in [-0.4, -0.2) is 20.2 Å². The summed E-state index contributed by atoms with van der Waals surface area (Å²) in [6, 6.07) is 3.94. The number of carbonyl (C=O) groups excluding carboxylic acids is 1. The highest BCUT2D eigenvalue weighted by molar-refractivity contribution is 5.95. The highest BCUT2D eigenvalue weighted by atomic mass is 19.3. The molecule has 0 radical (unpaired) electrons. The van der Waals surface area contributed by atoms with E-state index in [1.807, 2.05) is 0 Å². The van der Waals surface area contributed by atoms with Crippen molar-refractivity contribution in [1.82, 2.24) is 0 Å². The van der Waals surface area contributed by atoms with Gasteiger partial charge in [0.25, 0.3) is 6.43 Å². The van der Waals surface area contributed by atoms with E-state index < -0.39 is 23.5 Å². The number of ether oxygens (including phenoxy) is 2. The number of hydrogen-bond donors (Lipinski definition) is 0. The molecule has 6 heteroatoms. The summed E-state index contributed by atoms with van der Waals surface area (Å²) in [7, 11) is 2.26. The summed E-state index contributed by atoms with van der Waals surface area (Å²) >= 11 is 0. The molecule has 0 saturated carbocycles. The molecule has 0 amide bonds. The van der Waals surface area contributed by atoms with Crippen molar-refractivity contribution in [2.45, 2.75) is 6.43 Å². The van der Waals surface area contributed by atoms with Crippen molar-refractivity contribution in [1.29, 1.82) is 5.26 Å². The highest BCUT2D eigenvalue weighted by Crippen LogP contribution is 2.33. The van der Waals surface area contributed by atoms with Crippen LogP contribution in [0.15, 0.2) is 12.1 Å². The predicted octanol–water partition coefficient (Wildman–Crippen LogP) is 2.29. The van der Waals surface area contributed by atoms with Crippen LogP contribution in [0.2, 0.25) is 0 Å². The van der Waals surface area contributed by atoms with Crippen molar-refractivity contribution in [3.05, 3.63) is 28.8 Å². The lowest BCUT2D eigenvalue weighted by molar-refractivity contribution is 0.0585. The Bertz CT molecular complexity index is 480. The van der Waals surface area contributed by atoms with Crippen LogP contribution in [0.3, 0.4) is 0 Å². The second-order valence-electron chi connectivity index (χ2n) is 3.01. The van der Waals surface area contributed by atoms with Gasteiger partial charge in [-0.2, -0.15) is 5.26 Å². The van der Waals surface area contributed by atoms with E-state index in [2.05, 4.69) is 4.74 Å². The van der Waals surface area contributed by atoms with Gasteiger partial charge in [-0.25, -0.2) is 13.6 Å². The van der Waals surface area contributed by atoms with Crippen LogP contribution >= 0.6 is 0 Å². The van der Waals surface area contributed by atoms with Gasteiger partial charge in [0.2, 0.25) is 0 Å². The second-order valence-corrected chi connectivity index (χ2v) is 3.01. The quantitative estimate of drug-likeness (QED) is 0.762. The van der Waals surface area contributed by atoms with Crippen LogP contribution in [0.4, 0.5) is 8.78 Å². The summed E-state index contributed by atoms with van der Waals surface area (Å²) < 4.78 is 34.7. The van der Waals surface area contributed by atoms with Gasteiger partial charge < -0.3 is 9.47 Å².